The van der Waals surface area contributed by atoms with Gasteiger partial charge in [0.1, 0.15) is 23.4 Å². The smallest absolute Gasteiger partial charge is 0.227 e. The van der Waals surface area contributed by atoms with Crippen LogP contribution in [0.15, 0.2) is 59.4 Å². The summed E-state index contributed by atoms with van der Waals surface area (Å²) in [6.07, 6.45) is 4.02. The van der Waals surface area contributed by atoms with Crippen LogP contribution in [0.25, 0.3) is 11.4 Å². The molecule has 0 saturated heterocycles. The average molecular weight is 490 g/mol. The molecule has 9 heteroatoms. The first kappa shape index (κ1) is 25.0. The minimum Gasteiger partial charge on any atom is -0.497 e. The van der Waals surface area contributed by atoms with Gasteiger partial charge in [-0.15, -0.1) is 0 Å². The highest BCUT2D eigenvalue weighted by Crippen LogP contribution is 2.29. The van der Waals surface area contributed by atoms with Gasteiger partial charge in [-0.05, 0) is 29.2 Å². The van der Waals surface area contributed by atoms with E-state index >= 15 is 0 Å². The van der Waals surface area contributed by atoms with E-state index in [1.807, 2.05) is 42.1 Å². The van der Waals surface area contributed by atoms with Gasteiger partial charge in [0.25, 0.3) is 0 Å². The molecule has 1 N–H and O–H groups in total. The van der Waals surface area contributed by atoms with Crippen molar-refractivity contribution in [2.24, 2.45) is 7.05 Å². The topological polar surface area (TPSA) is 104 Å². The number of hydrogen-bond donors (Lipinski definition) is 1. The first-order valence-corrected chi connectivity index (χ1v) is 11.8. The largest absolute Gasteiger partial charge is 0.497 e. The number of nitrogens with zero attached hydrogens (tertiary/aromatic N) is 4. The third-order valence-electron chi connectivity index (χ3n) is 6.00. The molecule has 0 fully saturated rings. The summed E-state index contributed by atoms with van der Waals surface area (Å²) in [6.45, 7) is 4.30. The second kappa shape index (κ2) is 11.1. The summed E-state index contributed by atoms with van der Waals surface area (Å²) < 4.78 is 18.1. The molecule has 1 atom stereocenters. The molecule has 0 aliphatic rings. The molecule has 0 aliphatic heterocycles. The maximum atomic E-state index is 13.0. The number of nitrogens with one attached hydrogen (secondary N) is 1. The van der Waals surface area contributed by atoms with E-state index in [4.69, 9.17) is 14.0 Å². The summed E-state index contributed by atoms with van der Waals surface area (Å²) in [6, 6.07) is 13.1. The molecule has 2 heterocycles. The summed E-state index contributed by atoms with van der Waals surface area (Å²) >= 11 is 0. The maximum Gasteiger partial charge on any atom is 0.227 e. The molecular weight excluding hydrogens is 458 g/mol. The summed E-state index contributed by atoms with van der Waals surface area (Å²) in [7, 11) is 5.06. The van der Waals surface area contributed by atoms with E-state index in [-0.39, 0.29) is 12.3 Å². The molecule has 0 radical (unpaired) electrons. The van der Waals surface area contributed by atoms with Gasteiger partial charge in [-0.1, -0.05) is 43.3 Å². The van der Waals surface area contributed by atoms with Gasteiger partial charge in [0, 0.05) is 43.9 Å². The first-order chi connectivity index (χ1) is 17.4. The van der Waals surface area contributed by atoms with E-state index in [9.17, 15) is 4.79 Å². The van der Waals surface area contributed by atoms with Crippen LogP contribution in [0.3, 0.4) is 0 Å². The van der Waals surface area contributed by atoms with Crippen LogP contribution in [0.1, 0.15) is 55.1 Å². The normalized spacial score (nSPS) is 11.9. The summed E-state index contributed by atoms with van der Waals surface area (Å²) in [5, 5.41) is 7.16. The zero-order valence-corrected chi connectivity index (χ0v) is 21.2. The maximum absolute atomic E-state index is 13.0. The Kier molecular flexibility index (Phi) is 7.68. The highest BCUT2D eigenvalue weighted by atomic mass is 16.5. The van der Waals surface area contributed by atoms with E-state index in [1.54, 1.807) is 26.5 Å². The number of aryl methyl sites for hydroxylation is 2. The van der Waals surface area contributed by atoms with Crippen molar-refractivity contribution in [2.75, 3.05) is 14.2 Å². The van der Waals surface area contributed by atoms with Crippen molar-refractivity contribution in [1.82, 2.24) is 25.0 Å². The van der Waals surface area contributed by atoms with Gasteiger partial charge >= 0.3 is 0 Å². The van der Waals surface area contributed by atoms with Gasteiger partial charge in [0.2, 0.25) is 17.6 Å². The zero-order chi connectivity index (χ0) is 25.7. The number of ether oxygens (including phenoxy) is 2. The van der Waals surface area contributed by atoms with Crippen molar-refractivity contribution >= 4 is 5.91 Å². The number of hydrogen-bond acceptors (Lipinski definition) is 7. The van der Waals surface area contributed by atoms with Gasteiger partial charge in [-0.3, -0.25) is 4.79 Å². The third kappa shape index (κ3) is 5.73. The Morgan fingerprint density at radius 1 is 1.06 bits per heavy atom. The Labute approximate surface area is 210 Å². The summed E-state index contributed by atoms with van der Waals surface area (Å²) in [5.74, 6) is 3.12. The van der Waals surface area contributed by atoms with Crippen molar-refractivity contribution in [2.45, 2.75) is 38.6 Å². The summed E-state index contributed by atoms with van der Waals surface area (Å²) in [4.78, 5) is 21.9. The molecule has 0 saturated carbocycles. The minimum atomic E-state index is -0.501. The van der Waals surface area contributed by atoms with Crippen LogP contribution in [0.4, 0.5) is 0 Å². The first-order valence-electron chi connectivity index (χ1n) is 11.8. The molecule has 188 valence electrons. The molecule has 4 aromatic rings. The van der Waals surface area contributed by atoms with Crippen molar-refractivity contribution in [3.8, 4) is 22.9 Å². The van der Waals surface area contributed by atoms with E-state index in [1.165, 1.54) is 5.56 Å². The fraction of sp³-hybridized carbons (Fsp3) is 0.333. The molecule has 36 heavy (non-hydrogen) atoms. The number of aromatic nitrogens is 4. The van der Waals surface area contributed by atoms with Crippen molar-refractivity contribution < 1.29 is 18.8 Å². The lowest BCUT2D eigenvalue weighted by atomic mass is 10.0. The minimum absolute atomic E-state index is 0.175. The lowest BCUT2D eigenvalue weighted by Crippen LogP contribution is -2.31. The lowest BCUT2D eigenvalue weighted by Gasteiger charge is -2.20. The molecule has 2 aromatic heterocycles. The van der Waals surface area contributed by atoms with E-state index in [0.29, 0.717) is 41.4 Å². The molecule has 1 unspecified atom stereocenters. The second-order valence-electron chi connectivity index (χ2n) is 8.83. The van der Waals surface area contributed by atoms with Crippen LogP contribution < -0.4 is 14.8 Å². The van der Waals surface area contributed by atoms with Crippen LogP contribution in [-0.4, -0.2) is 39.8 Å². The van der Waals surface area contributed by atoms with Crippen LogP contribution in [0, 0.1) is 0 Å². The molecule has 2 aromatic carbocycles. The zero-order valence-electron chi connectivity index (χ0n) is 21.2. The van der Waals surface area contributed by atoms with Crippen LogP contribution in [0.2, 0.25) is 0 Å². The van der Waals surface area contributed by atoms with E-state index in [0.717, 1.165) is 11.1 Å². The molecule has 4 rings (SSSR count). The number of amides is 1. The SMILES string of the molecule is COc1cc(OC)cc(C(NC(=O)CCc2nc(-c3ccc(C(C)C)cc3)no2)c2nccn2C)c1. The number of carbonyl (C=O) groups excluding carboxylic acids is 1. The van der Waals surface area contributed by atoms with Crippen molar-refractivity contribution in [3.63, 3.8) is 0 Å². The number of methoxy groups -OCH3 is 2. The van der Waals surface area contributed by atoms with Gasteiger partial charge in [-0.2, -0.15) is 4.98 Å². The number of rotatable bonds is 10. The predicted molar refractivity (Wildman–Crippen MR) is 135 cm³/mol. The monoisotopic (exact) mass is 489 g/mol. The van der Waals surface area contributed by atoms with Gasteiger partial charge in [0.15, 0.2) is 0 Å². The van der Waals surface area contributed by atoms with Crippen LogP contribution >= 0.6 is 0 Å². The highest BCUT2D eigenvalue weighted by molar-refractivity contribution is 5.77. The Bertz CT molecular complexity index is 1290. The van der Waals surface area contributed by atoms with E-state index < -0.39 is 6.04 Å². The quantitative estimate of drug-likeness (QED) is 0.351. The lowest BCUT2D eigenvalue weighted by molar-refractivity contribution is -0.121. The Morgan fingerprint density at radius 3 is 2.33 bits per heavy atom. The molecule has 0 aliphatic carbocycles. The Hall–Kier alpha value is -4.14. The molecule has 0 bridgehead atoms. The molecule has 9 nitrogen and oxygen atoms in total. The number of benzene rings is 2. The molecular formula is C27H31N5O4. The van der Waals surface area contributed by atoms with Crippen LogP contribution in [-0.2, 0) is 18.3 Å². The van der Waals surface area contributed by atoms with Crippen molar-refractivity contribution in [1.29, 1.82) is 0 Å². The van der Waals surface area contributed by atoms with Gasteiger partial charge in [-0.25, -0.2) is 4.98 Å². The number of carbonyl (C=O) groups is 1. The van der Waals surface area contributed by atoms with Gasteiger partial charge < -0.3 is 23.9 Å². The predicted octanol–water partition coefficient (Wildman–Crippen LogP) is 4.45. The second-order valence-corrected chi connectivity index (χ2v) is 8.83. The molecule has 0 spiro atoms. The van der Waals surface area contributed by atoms with E-state index in [2.05, 4.69) is 46.4 Å². The fourth-order valence-electron chi connectivity index (χ4n) is 3.89. The Balaban J connectivity index is 1.47. The average Bonchev–Trinajstić information content (AvgIpc) is 3.54. The third-order valence-corrected chi connectivity index (χ3v) is 6.00. The van der Waals surface area contributed by atoms with Crippen molar-refractivity contribution in [3.05, 3.63) is 77.7 Å². The highest BCUT2D eigenvalue weighted by Gasteiger charge is 2.23. The Morgan fingerprint density at radius 2 is 1.75 bits per heavy atom. The van der Waals surface area contributed by atoms with Crippen LogP contribution in [0.5, 0.6) is 11.5 Å². The van der Waals surface area contributed by atoms with Gasteiger partial charge in [0.05, 0.1) is 14.2 Å². The molecule has 1 amide bonds. The standard InChI is InChI=1S/C27H31N5O4/c1-17(2)18-6-8-19(9-7-18)26-30-24(36-31-26)11-10-23(33)29-25(27-28-12-13-32(27)3)20-14-21(34-4)16-22(15-20)35-5/h6-9,12-17,25H,10-11H2,1-5H3,(H,29,33). The fourth-order valence-corrected chi connectivity index (χ4v) is 3.89. The number of imidazole rings is 1. The summed E-state index contributed by atoms with van der Waals surface area (Å²) in [5.41, 5.74) is 2.91.